The molecule has 0 saturated heterocycles. The second-order valence-electron chi connectivity index (χ2n) is 4.17. The van der Waals surface area contributed by atoms with Crippen molar-refractivity contribution >= 4 is 0 Å². The van der Waals surface area contributed by atoms with Crippen LogP contribution in [0.4, 0.5) is 8.78 Å². The Labute approximate surface area is 80.9 Å². The Morgan fingerprint density at radius 2 is 2.07 bits per heavy atom. The number of hydrogen-bond donors (Lipinski definition) is 1. The maximum atomic E-state index is 12.8. The lowest BCUT2D eigenvalue weighted by Gasteiger charge is -2.44. The highest BCUT2D eigenvalue weighted by Gasteiger charge is 2.56. The van der Waals surface area contributed by atoms with Gasteiger partial charge in [0.25, 0.3) is 5.92 Å². The molecule has 14 heavy (non-hydrogen) atoms. The van der Waals surface area contributed by atoms with Crippen LogP contribution in [0.5, 0.6) is 0 Å². The summed E-state index contributed by atoms with van der Waals surface area (Å²) in [6, 6.07) is 0. The van der Waals surface area contributed by atoms with E-state index in [0.29, 0.717) is 0 Å². The fraction of sp³-hybridized carbons (Fsp3) is 0.667. The molecule has 0 unspecified atom stereocenters. The second-order valence-corrected chi connectivity index (χ2v) is 4.17. The van der Waals surface area contributed by atoms with Gasteiger partial charge >= 0.3 is 0 Å². The number of hydrogen-bond acceptors (Lipinski definition) is 2. The van der Waals surface area contributed by atoms with Crippen molar-refractivity contribution in [2.75, 3.05) is 0 Å². The van der Waals surface area contributed by atoms with Crippen molar-refractivity contribution in [3.05, 3.63) is 17.5 Å². The zero-order valence-corrected chi connectivity index (χ0v) is 8.22. The average molecular weight is 201 g/mol. The number of nitrogens with zero attached hydrogens (tertiary/aromatic N) is 2. The SMILES string of the molecule is Cc1nn(C)cc1C1(N)CC(F)(F)C1. The molecular weight excluding hydrogens is 188 g/mol. The van der Waals surface area contributed by atoms with Crippen LogP contribution < -0.4 is 5.73 Å². The molecule has 2 rings (SSSR count). The summed E-state index contributed by atoms with van der Waals surface area (Å²) in [6.07, 6.45) is 1.18. The highest BCUT2D eigenvalue weighted by atomic mass is 19.3. The van der Waals surface area contributed by atoms with Gasteiger partial charge in [-0.1, -0.05) is 0 Å². The van der Waals surface area contributed by atoms with E-state index < -0.39 is 11.5 Å². The zero-order chi connectivity index (χ0) is 10.6. The van der Waals surface area contributed by atoms with Gasteiger partial charge in [-0.3, -0.25) is 4.68 Å². The first-order valence-electron chi connectivity index (χ1n) is 4.50. The molecule has 1 aliphatic rings. The molecule has 0 spiro atoms. The van der Waals surface area contributed by atoms with Gasteiger partial charge in [0.05, 0.1) is 11.2 Å². The third-order valence-electron chi connectivity index (χ3n) is 2.70. The molecule has 1 aromatic heterocycles. The smallest absolute Gasteiger partial charge is 0.252 e. The summed E-state index contributed by atoms with van der Waals surface area (Å²) < 4.78 is 27.1. The summed E-state index contributed by atoms with van der Waals surface area (Å²) in [5.74, 6) is -2.60. The van der Waals surface area contributed by atoms with Crippen LogP contribution in [0, 0.1) is 6.92 Å². The average Bonchev–Trinajstić information content (AvgIpc) is 2.25. The van der Waals surface area contributed by atoms with Crippen molar-refractivity contribution in [1.82, 2.24) is 9.78 Å². The molecule has 0 amide bonds. The maximum Gasteiger partial charge on any atom is 0.252 e. The molecule has 5 heteroatoms. The standard InChI is InChI=1S/C9H13F2N3/c1-6-7(3-14(2)13-6)8(12)4-9(10,11)5-8/h3H,4-5,12H2,1-2H3. The van der Waals surface area contributed by atoms with Crippen molar-refractivity contribution in [1.29, 1.82) is 0 Å². The molecule has 0 radical (unpaired) electrons. The monoisotopic (exact) mass is 201 g/mol. The zero-order valence-electron chi connectivity index (χ0n) is 8.22. The summed E-state index contributed by atoms with van der Waals surface area (Å²) >= 11 is 0. The molecule has 0 bridgehead atoms. The van der Waals surface area contributed by atoms with E-state index in [0.717, 1.165) is 11.3 Å². The highest BCUT2D eigenvalue weighted by molar-refractivity contribution is 5.30. The molecule has 0 aliphatic heterocycles. The number of alkyl halides is 2. The van der Waals surface area contributed by atoms with Crippen molar-refractivity contribution in [3.8, 4) is 0 Å². The minimum absolute atomic E-state index is 0.271. The van der Waals surface area contributed by atoms with Crippen LogP contribution in [0.25, 0.3) is 0 Å². The molecular formula is C9H13F2N3. The van der Waals surface area contributed by atoms with E-state index in [1.54, 1.807) is 24.9 Å². The lowest BCUT2D eigenvalue weighted by molar-refractivity contribution is -0.125. The third kappa shape index (κ3) is 1.32. The van der Waals surface area contributed by atoms with Gasteiger partial charge in [-0.15, -0.1) is 0 Å². The number of nitrogens with two attached hydrogens (primary N) is 1. The van der Waals surface area contributed by atoms with Crippen LogP contribution in [-0.2, 0) is 12.6 Å². The fourth-order valence-corrected chi connectivity index (χ4v) is 2.15. The maximum absolute atomic E-state index is 12.8. The first-order chi connectivity index (χ1) is 6.32. The molecule has 0 aromatic carbocycles. The number of aromatic nitrogens is 2. The summed E-state index contributed by atoms with van der Waals surface area (Å²) in [6.45, 7) is 1.79. The highest BCUT2D eigenvalue weighted by Crippen LogP contribution is 2.50. The Morgan fingerprint density at radius 1 is 1.50 bits per heavy atom. The Bertz CT molecular complexity index is 362. The molecule has 78 valence electrons. The van der Waals surface area contributed by atoms with Crippen molar-refractivity contribution < 1.29 is 8.78 Å². The van der Waals surface area contributed by atoms with Gasteiger partial charge < -0.3 is 5.73 Å². The Morgan fingerprint density at radius 3 is 2.43 bits per heavy atom. The molecule has 1 fully saturated rings. The van der Waals surface area contributed by atoms with Crippen LogP contribution in [0.3, 0.4) is 0 Å². The van der Waals surface area contributed by atoms with Crippen molar-refractivity contribution in [3.63, 3.8) is 0 Å². The van der Waals surface area contributed by atoms with E-state index in [-0.39, 0.29) is 12.8 Å². The molecule has 3 nitrogen and oxygen atoms in total. The first kappa shape index (κ1) is 9.58. The van der Waals surface area contributed by atoms with E-state index in [4.69, 9.17) is 5.73 Å². The Kier molecular flexibility index (Phi) is 1.73. The topological polar surface area (TPSA) is 43.8 Å². The summed E-state index contributed by atoms with van der Waals surface area (Å²) in [7, 11) is 1.76. The van der Waals surface area contributed by atoms with Gasteiger partial charge in [-0.2, -0.15) is 5.10 Å². The molecule has 1 heterocycles. The van der Waals surface area contributed by atoms with Gasteiger partial charge in [0.1, 0.15) is 0 Å². The predicted molar refractivity (Wildman–Crippen MR) is 48.0 cm³/mol. The molecule has 1 aromatic rings. The molecule has 2 N–H and O–H groups in total. The van der Waals surface area contributed by atoms with Gasteiger partial charge in [0.15, 0.2) is 0 Å². The summed E-state index contributed by atoms with van der Waals surface area (Å²) in [4.78, 5) is 0. The minimum atomic E-state index is -2.60. The van der Waals surface area contributed by atoms with E-state index >= 15 is 0 Å². The second kappa shape index (κ2) is 2.53. The van der Waals surface area contributed by atoms with Gasteiger partial charge in [0, 0.05) is 31.6 Å². The first-order valence-corrected chi connectivity index (χ1v) is 4.50. The summed E-state index contributed by atoms with van der Waals surface area (Å²) in [5.41, 5.74) is 6.49. The van der Waals surface area contributed by atoms with E-state index in [2.05, 4.69) is 5.10 Å². The van der Waals surface area contributed by atoms with Crippen LogP contribution in [0.15, 0.2) is 6.20 Å². The van der Waals surface area contributed by atoms with Crippen molar-refractivity contribution in [2.24, 2.45) is 12.8 Å². The summed E-state index contributed by atoms with van der Waals surface area (Å²) in [5, 5.41) is 4.10. The van der Waals surface area contributed by atoms with Crippen LogP contribution >= 0.6 is 0 Å². The Balaban J connectivity index is 2.29. The number of aryl methyl sites for hydroxylation is 2. The predicted octanol–water partition coefficient (Wildman–Crippen LogP) is 1.31. The number of rotatable bonds is 1. The van der Waals surface area contributed by atoms with Gasteiger partial charge in [-0.05, 0) is 6.92 Å². The van der Waals surface area contributed by atoms with Crippen LogP contribution in [0.1, 0.15) is 24.1 Å². The van der Waals surface area contributed by atoms with Crippen LogP contribution in [0.2, 0.25) is 0 Å². The van der Waals surface area contributed by atoms with Crippen molar-refractivity contribution in [2.45, 2.75) is 31.2 Å². The number of halogens is 2. The molecule has 0 atom stereocenters. The molecule has 1 saturated carbocycles. The van der Waals surface area contributed by atoms with E-state index in [9.17, 15) is 8.78 Å². The quantitative estimate of drug-likeness (QED) is 0.744. The lowest BCUT2D eigenvalue weighted by Crippen LogP contribution is -2.55. The van der Waals surface area contributed by atoms with Crippen LogP contribution in [-0.4, -0.2) is 15.7 Å². The minimum Gasteiger partial charge on any atom is -0.321 e. The lowest BCUT2D eigenvalue weighted by atomic mass is 9.70. The van der Waals surface area contributed by atoms with E-state index in [1.165, 1.54) is 0 Å². The molecule has 1 aliphatic carbocycles. The third-order valence-corrected chi connectivity index (χ3v) is 2.70. The Hall–Kier alpha value is -0.970. The normalized spacial score (nSPS) is 23.2. The van der Waals surface area contributed by atoms with E-state index in [1.807, 2.05) is 0 Å². The van der Waals surface area contributed by atoms with Gasteiger partial charge in [0.2, 0.25) is 0 Å². The fourth-order valence-electron chi connectivity index (χ4n) is 2.15. The van der Waals surface area contributed by atoms with Gasteiger partial charge in [-0.25, -0.2) is 8.78 Å². The largest absolute Gasteiger partial charge is 0.321 e.